The minimum atomic E-state index is 0.0572. The molecule has 1 aliphatic heterocycles. The Kier molecular flexibility index (Phi) is 4.49. The third-order valence-corrected chi connectivity index (χ3v) is 4.04. The highest BCUT2D eigenvalue weighted by atomic mass is 16.3. The molecular weight excluding hydrogens is 302 g/mol. The number of carbonyl (C=O) groups excluding carboxylic acids is 1. The van der Waals surface area contributed by atoms with E-state index in [-0.39, 0.29) is 17.3 Å². The molecule has 2 aromatic carbocycles. The van der Waals surface area contributed by atoms with E-state index in [1.807, 2.05) is 12.2 Å². The van der Waals surface area contributed by atoms with Gasteiger partial charge in [-0.3, -0.25) is 4.79 Å². The molecule has 2 aromatic rings. The normalized spacial score (nSPS) is 21.4. The van der Waals surface area contributed by atoms with Gasteiger partial charge in [0.05, 0.1) is 18.2 Å². The highest BCUT2D eigenvalue weighted by Gasteiger charge is 2.26. The number of aromatic hydroxyl groups is 2. The number of rotatable bonds is 2. The lowest BCUT2D eigenvalue weighted by Crippen LogP contribution is -3.10. The van der Waals surface area contributed by atoms with Crippen molar-refractivity contribution in [2.24, 2.45) is 0 Å². The van der Waals surface area contributed by atoms with Crippen LogP contribution < -0.4 is 4.90 Å². The minimum Gasteiger partial charge on any atom is -0.508 e. The fourth-order valence-corrected chi connectivity index (χ4v) is 2.86. The molecule has 0 amide bonds. The number of nitrogens with one attached hydrogen (secondary N) is 1. The van der Waals surface area contributed by atoms with Gasteiger partial charge in [0.25, 0.3) is 0 Å². The monoisotopic (exact) mass is 322 g/mol. The second kappa shape index (κ2) is 6.72. The van der Waals surface area contributed by atoms with Crippen LogP contribution in [0, 0.1) is 0 Å². The van der Waals surface area contributed by atoms with Crippen molar-refractivity contribution in [3.63, 3.8) is 0 Å². The van der Waals surface area contributed by atoms with Gasteiger partial charge in [0.1, 0.15) is 24.6 Å². The summed E-state index contributed by atoms with van der Waals surface area (Å²) in [7, 11) is 2.06. The van der Waals surface area contributed by atoms with E-state index >= 15 is 0 Å². The fourth-order valence-electron chi connectivity index (χ4n) is 2.86. The molecule has 1 heterocycles. The number of hydrogen-bond acceptors (Lipinski definition) is 3. The number of likely N-dealkylation sites (tertiary alicyclic amines) is 1. The summed E-state index contributed by atoms with van der Waals surface area (Å²) in [4.78, 5) is 14.0. The number of phenols is 2. The summed E-state index contributed by atoms with van der Waals surface area (Å²) < 4.78 is 0. The molecule has 24 heavy (non-hydrogen) atoms. The van der Waals surface area contributed by atoms with Crippen LogP contribution in [0.25, 0.3) is 12.2 Å². The van der Waals surface area contributed by atoms with Crippen molar-refractivity contribution in [3.8, 4) is 11.5 Å². The predicted molar refractivity (Wildman–Crippen MR) is 93.8 cm³/mol. The third-order valence-electron chi connectivity index (χ3n) is 4.04. The molecule has 1 unspecified atom stereocenters. The molecule has 1 fully saturated rings. The first-order chi connectivity index (χ1) is 11.5. The van der Waals surface area contributed by atoms with Crippen LogP contribution in [0.5, 0.6) is 11.5 Å². The summed E-state index contributed by atoms with van der Waals surface area (Å²) >= 11 is 0. The van der Waals surface area contributed by atoms with Crippen LogP contribution in [-0.4, -0.2) is 36.1 Å². The predicted octanol–water partition coefficient (Wildman–Crippen LogP) is 1.66. The number of piperidine rings is 1. The lowest BCUT2D eigenvalue weighted by atomic mass is 9.94. The van der Waals surface area contributed by atoms with Gasteiger partial charge in [-0.05, 0) is 47.5 Å². The number of quaternary nitrogens is 1. The van der Waals surface area contributed by atoms with E-state index in [0.717, 1.165) is 22.3 Å². The largest absolute Gasteiger partial charge is 0.508 e. The van der Waals surface area contributed by atoms with Gasteiger partial charge in [0, 0.05) is 0 Å². The first kappa shape index (κ1) is 16.0. The first-order valence-electron chi connectivity index (χ1n) is 7.86. The molecule has 1 saturated heterocycles. The Balaban J connectivity index is 1.90. The average Bonchev–Trinajstić information content (AvgIpc) is 2.56. The standard InChI is InChI=1S/C20H19NO3/c1-21-12-16(10-14-2-6-18(22)7-3-14)20(24)17(13-21)11-15-4-8-19(23)9-5-15/h2-11,22-23H,12-13H2,1H3/p+1/b16-10-,17-11+. The molecule has 1 atom stereocenters. The van der Waals surface area contributed by atoms with E-state index in [4.69, 9.17) is 0 Å². The maximum Gasteiger partial charge on any atom is 0.196 e. The van der Waals surface area contributed by atoms with E-state index in [1.54, 1.807) is 48.5 Å². The number of ketones is 1. The van der Waals surface area contributed by atoms with E-state index < -0.39 is 0 Å². The molecule has 4 nitrogen and oxygen atoms in total. The van der Waals surface area contributed by atoms with Crippen LogP contribution in [0.1, 0.15) is 11.1 Å². The maximum absolute atomic E-state index is 12.8. The van der Waals surface area contributed by atoms with E-state index in [0.29, 0.717) is 13.1 Å². The van der Waals surface area contributed by atoms with Crippen molar-refractivity contribution in [3.05, 3.63) is 70.8 Å². The molecule has 0 aromatic heterocycles. The van der Waals surface area contributed by atoms with Crippen LogP contribution in [-0.2, 0) is 4.79 Å². The van der Waals surface area contributed by atoms with Gasteiger partial charge in [-0.25, -0.2) is 0 Å². The Labute approximate surface area is 141 Å². The number of benzene rings is 2. The lowest BCUT2D eigenvalue weighted by molar-refractivity contribution is -0.870. The van der Waals surface area contributed by atoms with Gasteiger partial charge in [0.15, 0.2) is 5.78 Å². The van der Waals surface area contributed by atoms with E-state index in [1.165, 1.54) is 4.90 Å². The van der Waals surface area contributed by atoms with Crippen molar-refractivity contribution in [2.75, 3.05) is 20.1 Å². The molecule has 0 radical (unpaired) electrons. The second-order valence-electron chi connectivity index (χ2n) is 6.16. The maximum atomic E-state index is 12.8. The average molecular weight is 322 g/mol. The Hall–Kier alpha value is -2.85. The highest BCUT2D eigenvalue weighted by Crippen LogP contribution is 2.18. The molecule has 3 N–H and O–H groups in total. The summed E-state index contributed by atoms with van der Waals surface area (Å²) in [5.74, 6) is 0.479. The van der Waals surface area contributed by atoms with Crippen molar-refractivity contribution in [1.82, 2.24) is 0 Å². The highest BCUT2D eigenvalue weighted by molar-refractivity contribution is 6.14. The molecule has 0 saturated carbocycles. The molecule has 0 spiro atoms. The summed E-state index contributed by atoms with van der Waals surface area (Å²) in [6.45, 7) is 1.35. The molecule has 0 aliphatic carbocycles. The quantitative estimate of drug-likeness (QED) is 0.737. The van der Waals surface area contributed by atoms with Crippen LogP contribution >= 0.6 is 0 Å². The number of carbonyl (C=O) groups is 1. The zero-order chi connectivity index (χ0) is 17.1. The fraction of sp³-hybridized carbons (Fsp3) is 0.150. The Bertz CT molecular complexity index is 734. The van der Waals surface area contributed by atoms with Crippen molar-refractivity contribution < 1.29 is 19.9 Å². The zero-order valence-corrected chi connectivity index (χ0v) is 13.5. The van der Waals surface area contributed by atoms with Gasteiger partial charge < -0.3 is 15.1 Å². The summed E-state index contributed by atoms with van der Waals surface area (Å²) in [5.41, 5.74) is 3.31. The van der Waals surface area contributed by atoms with Gasteiger partial charge in [-0.2, -0.15) is 0 Å². The van der Waals surface area contributed by atoms with Crippen LogP contribution in [0.2, 0.25) is 0 Å². The lowest BCUT2D eigenvalue weighted by Gasteiger charge is -2.23. The molecule has 0 bridgehead atoms. The Morgan fingerprint density at radius 3 is 1.54 bits per heavy atom. The van der Waals surface area contributed by atoms with Gasteiger partial charge in [-0.15, -0.1) is 0 Å². The number of hydrogen-bond donors (Lipinski definition) is 3. The van der Waals surface area contributed by atoms with Gasteiger partial charge in [-0.1, -0.05) is 24.3 Å². The Morgan fingerprint density at radius 1 is 0.792 bits per heavy atom. The van der Waals surface area contributed by atoms with Crippen LogP contribution in [0.3, 0.4) is 0 Å². The van der Waals surface area contributed by atoms with Crippen molar-refractivity contribution in [2.45, 2.75) is 0 Å². The summed E-state index contributed by atoms with van der Waals surface area (Å²) in [5, 5.41) is 18.7. The number of phenolic OH excluding ortho intramolecular Hbond substituents is 2. The zero-order valence-electron chi connectivity index (χ0n) is 13.5. The van der Waals surface area contributed by atoms with Gasteiger partial charge >= 0.3 is 0 Å². The SMILES string of the molecule is C[NH+]1C/C(=C/c2ccc(O)cc2)C(=O)/C(=C/c2ccc(O)cc2)C1. The summed E-state index contributed by atoms with van der Waals surface area (Å²) in [6.07, 6.45) is 3.77. The topological polar surface area (TPSA) is 62.0 Å². The van der Waals surface area contributed by atoms with Crippen molar-refractivity contribution in [1.29, 1.82) is 0 Å². The van der Waals surface area contributed by atoms with Gasteiger partial charge in [0.2, 0.25) is 0 Å². The second-order valence-corrected chi connectivity index (χ2v) is 6.16. The first-order valence-corrected chi connectivity index (χ1v) is 7.86. The van der Waals surface area contributed by atoms with E-state index in [2.05, 4.69) is 7.05 Å². The van der Waals surface area contributed by atoms with Crippen LogP contribution in [0.4, 0.5) is 0 Å². The molecule has 122 valence electrons. The minimum absolute atomic E-state index is 0.0572. The smallest absolute Gasteiger partial charge is 0.196 e. The molecule has 3 rings (SSSR count). The van der Waals surface area contributed by atoms with Crippen molar-refractivity contribution >= 4 is 17.9 Å². The molecular formula is C20H20NO3+. The third kappa shape index (κ3) is 3.73. The Morgan fingerprint density at radius 2 is 1.17 bits per heavy atom. The number of Topliss-reactive ketones (excluding diaryl/α,β-unsaturated/α-hetero) is 1. The molecule has 1 aliphatic rings. The van der Waals surface area contributed by atoms with E-state index in [9.17, 15) is 15.0 Å². The molecule has 4 heteroatoms. The van der Waals surface area contributed by atoms with Crippen LogP contribution in [0.15, 0.2) is 59.7 Å². The number of likely N-dealkylation sites (N-methyl/N-ethyl adjacent to an activating group) is 1. The summed E-state index contributed by atoms with van der Waals surface area (Å²) in [6, 6.07) is 13.6.